The van der Waals surface area contributed by atoms with Crippen LogP contribution >= 0.6 is 34.7 Å². The van der Waals surface area contributed by atoms with Gasteiger partial charge in [-0.15, -0.1) is 11.8 Å². The summed E-state index contributed by atoms with van der Waals surface area (Å²) in [7, 11) is 0. The first-order valence-electron chi connectivity index (χ1n) is 10.4. The monoisotopic (exact) mass is 475 g/mol. The van der Waals surface area contributed by atoms with E-state index in [0.29, 0.717) is 13.0 Å². The summed E-state index contributed by atoms with van der Waals surface area (Å²) in [5.41, 5.74) is 2.15. The maximum absolute atomic E-state index is 13.2. The Morgan fingerprint density at radius 3 is 2.77 bits per heavy atom. The molecule has 31 heavy (non-hydrogen) atoms. The maximum Gasteiger partial charge on any atom is 0.229 e. The molecule has 1 aliphatic heterocycles. The zero-order valence-electron chi connectivity index (χ0n) is 17.6. The molecule has 2 aromatic carbocycles. The number of ether oxygens (including phenoxy) is 1. The van der Waals surface area contributed by atoms with Gasteiger partial charge in [-0.1, -0.05) is 29.0 Å². The SMILES string of the molecule is Cc1ccc2nc(N(CCN3CCOCC3)C(=O)CCSc3ccc(Cl)cc3)sc2c1. The molecule has 3 aromatic rings. The van der Waals surface area contributed by atoms with E-state index in [2.05, 4.69) is 24.0 Å². The Bertz CT molecular complexity index is 1020. The Labute approximate surface area is 196 Å². The van der Waals surface area contributed by atoms with Gasteiger partial charge in [-0.3, -0.25) is 14.6 Å². The average Bonchev–Trinajstić information content (AvgIpc) is 3.19. The highest BCUT2D eigenvalue weighted by Gasteiger charge is 2.21. The summed E-state index contributed by atoms with van der Waals surface area (Å²) >= 11 is 9.23. The molecule has 0 spiro atoms. The molecule has 0 radical (unpaired) electrons. The first-order chi connectivity index (χ1) is 15.1. The molecule has 0 atom stereocenters. The number of thioether (sulfide) groups is 1. The van der Waals surface area contributed by atoms with E-state index in [-0.39, 0.29) is 5.91 Å². The molecular weight excluding hydrogens is 450 g/mol. The molecule has 1 aliphatic rings. The van der Waals surface area contributed by atoms with Gasteiger partial charge in [-0.2, -0.15) is 0 Å². The third-order valence-corrected chi connectivity index (χ3v) is 7.51. The molecule has 1 fully saturated rings. The van der Waals surface area contributed by atoms with E-state index >= 15 is 0 Å². The van der Waals surface area contributed by atoms with Crippen LogP contribution in [0.5, 0.6) is 0 Å². The average molecular weight is 476 g/mol. The van der Waals surface area contributed by atoms with E-state index in [0.717, 1.165) is 63.9 Å². The van der Waals surface area contributed by atoms with E-state index in [1.165, 1.54) is 5.56 Å². The van der Waals surface area contributed by atoms with Crippen molar-refractivity contribution in [3.63, 3.8) is 0 Å². The van der Waals surface area contributed by atoms with E-state index in [4.69, 9.17) is 21.3 Å². The Morgan fingerprint density at radius 2 is 2.00 bits per heavy atom. The van der Waals surface area contributed by atoms with Gasteiger partial charge in [-0.05, 0) is 48.9 Å². The normalized spacial score (nSPS) is 14.8. The molecule has 2 heterocycles. The van der Waals surface area contributed by atoms with E-state index in [9.17, 15) is 4.79 Å². The fourth-order valence-corrected chi connectivity index (χ4v) is 5.52. The number of halogens is 1. The van der Waals surface area contributed by atoms with Crippen molar-refractivity contribution in [1.82, 2.24) is 9.88 Å². The van der Waals surface area contributed by atoms with Crippen LogP contribution in [0.4, 0.5) is 5.13 Å². The van der Waals surface area contributed by atoms with Crippen molar-refractivity contribution >= 4 is 56.0 Å². The number of carbonyl (C=O) groups excluding carboxylic acids is 1. The van der Waals surface area contributed by atoms with Crippen LogP contribution in [0, 0.1) is 6.92 Å². The highest BCUT2D eigenvalue weighted by atomic mass is 35.5. The summed E-state index contributed by atoms with van der Waals surface area (Å²) < 4.78 is 6.57. The Hall–Kier alpha value is -1.64. The number of hydrogen-bond acceptors (Lipinski definition) is 6. The van der Waals surface area contributed by atoms with Crippen LogP contribution in [0.2, 0.25) is 5.02 Å². The molecule has 1 saturated heterocycles. The van der Waals surface area contributed by atoms with Crippen LogP contribution in [0.3, 0.4) is 0 Å². The maximum atomic E-state index is 13.2. The molecule has 0 bridgehead atoms. The zero-order valence-corrected chi connectivity index (χ0v) is 19.9. The van der Waals surface area contributed by atoms with Crippen molar-refractivity contribution < 1.29 is 9.53 Å². The summed E-state index contributed by atoms with van der Waals surface area (Å²) in [5.74, 6) is 0.837. The fraction of sp³-hybridized carbons (Fsp3) is 0.391. The van der Waals surface area contributed by atoms with Crippen molar-refractivity contribution in [3.8, 4) is 0 Å². The Kier molecular flexibility index (Phi) is 7.85. The van der Waals surface area contributed by atoms with Crippen molar-refractivity contribution in [3.05, 3.63) is 53.1 Å². The number of morpholine rings is 1. The predicted molar refractivity (Wildman–Crippen MR) is 131 cm³/mol. The van der Waals surface area contributed by atoms with E-state index < -0.39 is 0 Å². The minimum absolute atomic E-state index is 0.116. The molecule has 0 unspecified atom stereocenters. The zero-order chi connectivity index (χ0) is 21.6. The predicted octanol–water partition coefficient (Wildman–Crippen LogP) is 5.11. The van der Waals surface area contributed by atoms with Crippen molar-refractivity contribution in [2.75, 3.05) is 50.0 Å². The van der Waals surface area contributed by atoms with Crippen LogP contribution in [0.25, 0.3) is 10.2 Å². The van der Waals surface area contributed by atoms with Gasteiger partial charge in [-0.25, -0.2) is 4.98 Å². The number of aryl methyl sites for hydroxylation is 1. The highest BCUT2D eigenvalue weighted by Crippen LogP contribution is 2.30. The molecule has 164 valence electrons. The Balaban J connectivity index is 1.44. The summed E-state index contributed by atoms with van der Waals surface area (Å²) in [5, 5.41) is 1.51. The first-order valence-corrected chi connectivity index (χ1v) is 12.6. The van der Waals surface area contributed by atoms with Gasteiger partial charge in [0.2, 0.25) is 5.91 Å². The molecule has 4 rings (SSSR count). The summed E-state index contributed by atoms with van der Waals surface area (Å²) in [6.07, 6.45) is 0.464. The topological polar surface area (TPSA) is 45.7 Å². The number of rotatable bonds is 8. The van der Waals surface area contributed by atoms with E-state index in [1.807, 2.05) is 35.2 Å². The summed E-state index contributed by atoms with van der Waals surface area (Å²) in [4.78, 5) is 23.3. The molecular formula is C23H26ClN3O2S2. The number of thiazole rings is 1. The van der Waals surface area contributed by atoms with Crippen LogP contribution < -0.4 is 4.90 Å². The third-order valence-electron chi connectivity index (χ3n) is 5.21. The fourth-order valence-electron chi connectivity index (χ4n) is 3.45. The van der Waals surface area contributed by atoms with Crippen molar-refractivity contribution in [1.29, 1.82) is 0 Å². The molecule has 0 saturated carbocycles. The lowest BCUT2D eigenvalue weighted by Crippen LogP contribution is -2.43. The van der Waals surface area contributed by atoms with Gasteiger partial charge in [0.25, 0.3) is 0 Å². The third kappa shape index (κ3) is 6.20. The van der Waals surface area contributed by atoms with Crippen molar-refractivity contribution in [2.45, 2.75) is 18.2 Å². The number of amides is 1. The van der Waals surface area contributed by atoms with Gasteiger partial charge in [0, 0.05) is 48.3 Å². The summed E-state index contributed by atoms with van der Waals surface area (Å²) in [6, 6.07) is 14.0. The molecule has 1 aromatic heterocycles. The van der Waals surface area contributed by atoms with Gasteiger partial charge in [0.15, 0.2) is 5.13 Å². The minimum atomic E-state index is 0.116. The Morgan fingerprint density at radius 1 is 1.23 bits per heavy atom. The van der Waals surface area contributed by atoms with Gasteiger partial charge >= 0.3 is 0 Å². The molecule has 1 amide bonds. The smallest absolute Gasteiger partial charge is 0.229 e. The number of benzene rings is 2. The highest BCUT2D eigenvalue weighted by molar-refractivity contribution is 7.99. The van der Waals surface area contributed by atoms with Crippen molar-refractivity contribution in [2.24, 2.45) is 0 Å². The minimum Gasteiger partial charge on any atom is -0.379 e. The number of nitrogens with zero attached hydrogens (tertiary/aromatic N) is 3. The quantitative estimate of drug-likeness (QED) is 0.424. The lowest BCUT2D eigenvalue weighted by atomic mass is 10.2. The van der Waals surface area contributed by atoms with Crippen LogP contribution in [0.1, 0.15) is 12.0 Å². The lowest BCUT2D eigenvalue weighted by molar-refractivity contribution is -0.118. The molecule has 5 nitrogen and oxygen atoms in total. The van der Waals surface area contributed by atoms with Crippen LogP contribution in [0.15, 0.2) is 47.4 Å². The van der Waals surface area contributed by atoms with Crippen LogP contribution in [-0.4, -0.2) is 60.9 Å². The lowest BCUT2D eigenvalue weighted by Gasteiger charge is -2.29. The number of fused-ring (bicyclic) bond motifs is 1. The second kappa shape index (κ2) is 10.8. The largest absolute Gasteiger partial charge is 0.379 e. The van der Waals surface area contributed by atoms with Crippen LogP contribution in [-0.2, 0) is 9.53 Å². The number of anilines is 1. The second-order valence-electron chi connectivity index (χ2n) is 7.52. The molecule has 0 aliphatic carbocycles. The number of aromatic nitrogens is 1. The van der Waals surface area contributed by atoms with Gasteiger partial charge in [0.1, 0.15) is 0 Å². The second-order valence-corrected chi connectivity index (χ2v) is 10.1. The van der Waals surface area contributed by atoms with Gasteiger partial charge in [0.05, 0.1) is 23.4 Å². The number of carbonyl (C=O) groups is 1. The van der Waals surface area contributed by atoms with Gasteiger partial charge < -0.3 is 4.74 Å². The first kappa shape index (κ1) is 22.6. The molecule has 8 heteroatoms. The standard InChI is InChI=1S/C23H26ClN3O2S2/c1-17-2-7-20-21(16-17)31-23(25-20)27(10-9-26-11-13-29-14-12-26)22(28)8-15-30-19-5-3-18(24)4-6-19/h2-7,16H,8-15H2,1H3. The number of hydrogen-bond donors (Lipinski definition) is 0. The van der Waals surface area contributed by atoms with E-state index in [1.54, 1.807) is 23.1 Å². The summed E-state index contributed by atoms with van der Waals surface area (Å²) in [6.45, 7) is 6.88. The molecule has 0 N–H and O–H groups in total.